The van der Waals surface area contributed by atoms with Crippen LogP contribution in [0.5, 0.6) is 0 Å². The standard InChI is InChI=1S/C6H8O2/c1-4-5(2)6(7)8-3/h1H2,2-3H3. The van der Waals surface area contributed by atoms with Gasteiger partial charge in [0.15, 0.2) is 0 Å². The number of hydrogen-bond acceptors (Lipinski definition) is 2. The van der Waals surface area contributed by atoms with Crippen LogP contribution < -0.4 is 0 Å². The Hall–Kier alpha value is -1.01. The zero-order valence-corrected chi connectivity index (χ0v) is 5.02. The summed E-state index contributed by atoms with van der Waals surface area (Å²) in [5.74, 6) is -0.375. The number of hydrogen-bond donors (Lipinski definition) is 0. The maximum atomic E-state index is 10.4. The van der Waals surface area contributed by atoms with E-state index in [1.165, 1.54) is 7.11 Å². The average Bonchev–Trinajstić information content (AvgIpc) is 1.84. The molecule has 0 unspecified atom stereocenters. The highest BCUT2D eigenvalue weighted by atomic mass is 16.5. The number of carbonyl (C=O) groups is 1. The van der Waals surface area contributed by atoms with Crippen molar-refractivity contribution in [2.75, 3.05) is 7.11 Å². The first-order valence-electron chi connectivity index (χ1n) is 2.17. The molecule has 0 atom stereocenters. The van der Waals surface area contributed by atoms with Crippen molar-refractivity contribution in [2.24, 2.45) is 0 Å². The van der Waals surface area contributed by atoms with Crippen LogP contribution in [0.15, 0.2) is 17.9 Å². The quantitative estimate of drug-likeness (QED) is 0.286. The zero-order valence-electron chi connectivity index (χ0n) is 5.02. The van der Waals surface area contributed by atoms with Crippen LogP contribution in [0.25, 0.3) is 0 Å². The van der Waals surface area contributed by atoms with Crippen molar-refractivity contribution in [1.82, 2.24) is 0 Å². The van der Waals surface area contributed by atoms with E-state index >= 15 is 0 Å². The molecule has 0 aliphatic heterocycles. The summed E-state index contributed by atoms with van der Waals surface area (Å²) in [4.78, 5) is 10.4. The van der Waals surface area contributed by atoms with Gasteiger partial charge in [-0.3, -0.25) is 0 Å². The number of methoxy groups -OCH3 is 1. The highest BCUT2D eigenvalue weighted by Gasteiger charge is 1.98. The second-order valence-electron chi connectivity index (χ2n) is 1.29. The van der Waals surface area contributed by atoms with Crippen molar-refractivity contribution in [3.8, 4) is 0 Å². The van der Waals surface area contributed by atoms with E-state index in [-0.39, 0.29) is 5.97 Å². The topological polar surface area (TPSA) is 26.3 Å². The first-order valence-corrected chi connectivity index (χ1v) is 2.17. The second kappa shape index (κ2) is 3.05. The molecule has 0 saturated heterocycles. The lowest BCUT2D eigenvalue weighted by Crippen LogP contribution is -1.99. The lowest BCUT2D eigenvalue weighted by atomic mass is 10.3. The fraction of sp³-hybridized carbons (Fsp3) is 0.333. The Morgan fingerprint density at radius 1 is 1.75 bits per heavy atom. The first-order chi connectivity index (χ1) is 3.72. The molecule has 0 aromatic heterocycles. The molecule has 0 aliphatic rings. The first kappa shape index (κ1) is 6.99. The van der Waals surface area contributed by atoms with Gasteiger partial charge in [0.25, 0.3) is 0 Å². The van der Waals surface area contributed by atoms with Crippen LogP contribution in [0, 0.1) is 0 Å². The van der Waals surface area contributed by atoms with Crippen molar-refractivity contribution < 1.29 is 9.53 Å². The molecule has 44 valence electrons. The van der Waals surface area contributed by atoms with E-state index in [9.17, 15) is 4.79 Å². The monoisotopic (exact) mass is 112 g/mol. The Balaban J connectivity index is 4.04. The fourth-order valence-corrected chi connectivity index (χ4v) is 0.225. The van der Waals surface area contributed by atoms with Gasteiger partial charge in [-0.15, -0.1) is 5.73 Å². The minimum Gasteiger partial charge on any atom is -0.465 e. The van der Waals surface area contributed by atoms with Crippen LogP contribution in [0.2, 0.25) is 0 Å². The van der Waals surface area contributed by atoms with Crippen LogP contribution in [0.1, 0.15) is 6.92 Å². The van der Waals surface area contributed by atoms with E-state index in [1.54, 1.807) is 6.92 Å². The highest BCUT2D eigenvalue weighted by Crippen LogP contribution is 1.89. The van der Waals surface area contributed by atoms with Gasteiger partial charge in [0.05, 0.1) is 12.7 Å². The van der Waals surface area contributed by atoms with Crippen LogP contribution in [-0.4, -0.2) is 13.1 Å². The largest absolute Gasteiger partial charge is 0.465 e. The molecule has 0 spiro atoms. The third kappa shape index (κ3) is 1.63. The molecule has 0 aromatic rings. The molecule has 2 nitrogen and oxygen atoms in total. The molecule has 0 N–H and O–H groups in total. The molecule has 0 saturated carbocycles. The van der Waals surface area contributed by atoms with E-state index in [0.717, 1.165) is 0 Å². The molecular weight excluding hydrogens is 104 g/mol. The summed E-state index contributed by atoms with van der Waals surface area (Å²) in [5, 5.41) is 0. The smallest absolute Gasteiger partial charge is 0.341 e. The third-order valence-corrected chi connectivity index (χ3v) is 0.757. The summed E-state index contributed by atoms with van der Waals surface area (Å²) < 4.78 is 4.32. The van der Waals surface area contributed by atoms with Crippen molar-refractivity contribution in [2.45, 2.75) is 6.92 Å². The molecular formula is C6H8O2. The Kier molecular flexibility index (Phi) is 2.67. The number of carbonyl (C=O) groups excluding carboxylic acids is 1. The maximum Gasteiger partial charge on any atom is 0.341 e. The van der Waals surface area contributed by atoms with Gasteiger partial charge in [0.1, 0.15) is 0 Å². The molecule has 0 aromatic carbocycles. The number of esters is 1. The Morgan fingerprint density at radius 2 is 2.25 bits per heavy atom. The molecule has 0 amide bonds. The molecule has 0 radical (unpaired) electrons. The summed E-state index contributed by atoms with van der Waals surface area (Å²) in [5.41, 5.74) is 2.82. The van der Waals surface area contributed by atoms with E-state index in [1.807, 2.05) is 0 Å². The van der Waals surface area contributed by atoms with Gasteiger partial charge in [-0.2, -0.15) is 0 Å². The predicted octanol–water partition coefficient (Wildman–Crippen LogP) is 0.891. The zero-order chi connectivity index (χ0) is 6.57. The molecule has 0 bridgehead atoms. The van der Waals surface area contributed by atoms with Gasteiger partial charge < -0.3 is 4.74 Å². The Bertz CT molecular complexity index is 141. The summed E-state index contributed by atoms with van der Waals surface area (Å²) >= 11 is 0. The van der Waals surface area contributed by atoms with Crippen LogP contribution >= 0.6 is 0 Å². The van der Waals surface area contributed by atoms with Crippen molar-refractivity contribution >= 4 is 5.97 Å². The van der Waals surface area contributed by atoms with Crippen molar-refractivity contribution in [1.29, 1.82) is 0 Å². The minimum atomic E-state index is -0.375. The van der Waals surface area contributed by atoms with Gasteiger partial charge in [-0.1, -0.05) is 6.58 Å². The van der Waals surface area contributed by atoms with Crippen LogP contribution in [0.3, 0.4) is 0 Å². The van der Waals surface area contributed by atoms with Gasteiger partial charge >= 0.3 is 5.97 Å². The fourth-order valence-electron chi connectivity index (χ4n) is 0.225. The predicted molar refractivity (Wildman–Crippen MR) is 30.3 cm³/mol. The lowest BCUT2D eigenvalue weighted by Gasteiger charge is -1.91. The number of rotatable bonds is 1. The third-order valence-electron chi connectivity index (χ3n) is 0.757. The summed E-state index contributed by atoms with van der Waals surface area (Å²) in [6.45, 7) is 4.86. The normalized spacial score (nSPS) is 7.25. The number of ether oxygens (including phenoxy) is 1. The molecule has 0 rings (SSSR count). The Morgan fingerprint density at radius 3 is 2.38 bits per heavy atom. The van der Waals surface area contributed by atoms with Gasteiger partial charge in [-0.25, -0.2) is 4.79 Å². The molecule has 0 heterocycles. The molecule has 8 heavy (non-hydrogen) atoms. The maximum absolute atomic E-state index is 10.4. The summed E-state index contributed by atoms with van der Waals surface area (Å²) in [6, 6.07) is 0. The van der Waals surface area contributed by atoms with E-state index in [2.05, 4.69) is 17.0 Å². The van der Waals surface area contributed by atoms with Crippen LogP contribution in [-0.2, 0) is 9.53 Å². The average molecular weight is 112 g/mol. The van der Waals surface area contributed by atoms with Gasteiger partial charge in [0.2, 0.25) is 0 Å². The minimum absolute atomic E-state index is 0.375. The van der Waals surface area contributed by atoms with Gasteiger partial charge in [0, 0.05) is 0 Å². The molecule has 0 aliphatic carbocycles. The Labute approximate surface area is 48.5 Å². The van der Waals surface area contributed by atoms with Crippen molar-refractivity contribution in [3.63, 3.8) is 0 Å². The molecule has 2 heteroatoms. The van der Waals surface area contributed by atoms with Crippen LogP contribution in [0.4, 0.5) is 0 Å². The SMILES string of the molecule is C=C=C(C)C(=O)OC. The van der Waals surface area contributed by atoms with E-state index in [0.29, 0.717) is 5.57 Å². The lowest BCUT2D eigenvalue weighted by molar-refractivity contribution is -0.136. The van der Waals surface area contributed by atoms with Gasteiger partial charge in [-0.05, 0) is 6.92 Å². The molecule has 0 fully saturated rings. The van der Waals surface area contributed by atoms with E-state index in [4.69, 9.17) is 0 Å². The highest BCUT2D eigenvalue weighted by molar-refractivity contribution is 5.87. The summed E-state index contributed by atoms with van der Waals surface area (Å²) in [7, 11) is 1.32. The van der Waals surface area contributed by atoms with E-state index < -0.39 is 0 Å². The van der Waals surface area contributed by atoms with Crippen molar-refractivity contribution in [3.05, 3.63) is 17.9 Å². The second-order valence-corrected chi connectivity index (χ2v) is 1.29. The summed E-state index contributed by atoms with van der Waals surface area (Å²) in [6.07, 6.45) is 0.